The SMILES string of the molecule is FC(F)CCC[SH](F)(F)(F)F. The second kappa shape index (κ2) is 3.12. The topological polar surface area (TPSA) is 0 Å². The molecular weight excluding hydrogens is 194 g/mol. The van der Waals surface area contributed by atoms with E-state index in [1.807, 2.05) is 0 Å². The number of halogens is 6. The summed E-state index contributed by atoms with van der Waals surface area (Å²) >= 11 is 0. The predicted octanol–water partition coefficient (Wildman–Crippen LogP) is 3.64. The molecule has 0 amide bonds. The van der Waals surface area contributed by atoms with E-state index in [9.17, 15) is 24.3 Å². The van der Waals surface area contributed by atoms with Crippen molar-refractivity contribution < 1.29 is 24.3 Å². The Balaban J connectivity index is 3.56. The second-order valence-electron chi connectivity index (χ2n) is 2.12. The van der Waals surface area contributed by atoms with Crippen LogP contribution in [0.2, 0.25) is 0 Å². The van der Waals surface area contributed by atoms with Crippen molar-refractivity contribution in [2.45, 2.75) is 19.3 Å². The molecule has 0 bridgehead atoms. The van der Waals surface area contributed by atoms with Gasteiger partial charge < -0.3 is 0 Å². The van der Waals surface area contributed by atoms with Crippen LogP contribution in [0.25, 0.3) is 0 Å². The van der Waals surface area contributed by atoms with Crippen molar-refractivity contribution in [2.75, 3.05) is 5.75 Å². The van der Waals surface area contributed by atoms with E-state index in [-0.39, 0.29) is 0 Å². The minimum atomic E-state index is -7.51. The quantitative estimate of drug-likeness (QED) is 0.522. The van der Waals surface area contributed by atoms with Gasteiger partial charge in [-0.3, -0.25) is 0 Å². The Morgan fingerprint density at radius 1 is 1.00 bits per heavy atom. The van der Waals surface area contributed by atoms with Crippen LogP contribution in [0.5, 0.6) is 0 Å². The smallest absolute Gasteiger partial charge is 0.211 e. The van der Waals surface area contributed by atoms with E-state index in [1.54, 1.807) is 0 Å². The largest absolute Gasteiger partial charge is 0.238 e. The van der Waals surface area contributed by atoms with Crippen molar-refractivity contribution >= 4 is 10.7 Å². The van der Waals surface area contributed by atoms with Gasteiger partial charge in [-0.1, -0.05) is 0 Å². The number of rotatable bonds is 4. The molecule has 0 aliphatic heterocycles. The molecule has 0 N–H and O–H groups in total. The Morgan fingerprint density at radius 3 is 1.73 bits per heavy atom. The molecule has 0 saturated carbocycles. The molecule has 11 heavy (non-hydrogen) atoms. The van der Waals surface area contributed by atoms with Crippen molar-refractivity contribution in [2.24, 2.45) is 0 Å². The molecule has 0 saturated heterocycles. The number of thiol groups is 1. The Labute approximate surface area is 61.0 Å². The van der Waals surface area contributed by atoms with Gasteiger partial charge in [0.2, 0.25) is 6.43 Å². The maximum Gasteiger partial charge on any atom is 0.238 e. The van der Waals surface area contributed by atoms with E-state index >= 15 is 0 Å². The van der Waals surface area contributed by atoms with E-state index in [1.165, 1.54) is 0 Å². The van der Waals surface area contributed by atoms with Crippen LogP contribution in [0.15, 0.2) is 0 Å². The first-order valence-corrected chi connectivity index (χ1v) is 4.82. The summed E-state index contributed by atoms with van der Waals surface area (Å²) in [4.78, 5) is 0. The van der Waals surface area contributed by atoms with Crippen LogP contribution in [-0.2, 0) is 0 Å². The van der Waals surface area contributed by atoms with Crippen LogP contribution in [0.1, 0.15) is 12.8 Å². The first kappa shape index (κ1) is 10.9. The molecule has 0 radical (unpaired) electrons. The van der Waals surface area contributed by atoms with Gasteiger partial charge in [-0.25, -0.2) is 8.78 Å². The first-order valence-electron chi connectivity index (χ1n) is 2.84. The molecule has 0 aliphatic carbocycles. The average molecular weight is 202 g/mol. The summed E-state index contributed by atoms with van der Waals surface area (Å²) in [5.41, 5.74) is 0. The lowest BCUT2D eigenvalue weighted by molar-refractivity contribution is 0.136. The van der Waals surface area contributed by atoms with Crippen LogP contribution in [-0.4, -0.2) is 12.2 Å². The highest BCUT2D eigenvalue weighted by Gasteiger charge is 2.36. The number of alkyl halides is 2. The van der Waals surface area contributed by atoms with Gasteiger partial charge in [0.05, 0.1) is 5.75 Å². The molecule has 0 nitrogen and oxygen atoms in total. The third kappa shape index (κ3) is 9.93. The summed E-state index contributed by atoms with van der Waals surface area (Å²) in [5, 5.41) is 0. The van der Waals surface area contributed by atoms with Gasteiger partial charge in [-0.15, -0.1) is 15.5 Å². The minimum absolute atomic E-state index is 0.824. The molecule has 0 heterocycles. The summed E-state index contributed by atoms with van der Waals surface area (Å²) in [6, 6.07) is 0. The fourth-order valence-electron chi connectivity index (χ4n) is 0.485. The van der Waals surface area contributed by atoms with Crippen molar-refractivity contribution in [3.05, 3.63) is 0 Å². The molecule has 0 spiro atoms. The lowest BCUT2D eigenvalue weighted by atomic mass is 10.4. The standard InChI is InChI=1S/C4H8F6S/c5-4(6)2-1-3-11(7,8,9)10/h4,11H,1-3H2. The van der Waals surface area contributed by atoms with Gasteiger partial charge in [0.25, 0.3) is 0 Å². The lowest BCUT2D eigenvalue weighted by Gasteiger charge is -2.28. The van der Waals surface area contributed by atoms with Crippen molar-refractivity contribution in [1.29, 1.82) is 0 Å². The molecule has 72 valence electrons. The van der Waals surface area contributed by atoms with Crippen LogP contribution < -0.4 is 0 Å². The van der Waals surface area contributed by atoms with E-state index < -0.39 is 35.7 Å². The molecule has 0 aromatic rings. The summed E-state index contributed by atoms with van der Waals surface area (Å²) in [6.45, 7) is 0. The zero-order valence-corrected chi connectivity index (χ0v) is 6.31. The van der Waals surface area contributed by atoms with Gasteiger partial charge in [0.15, 0.2) is 10.7 Å². The summed E-state index contributed by atoms with van der Waals surface area (Å²) in [5.74, 6) is -1.68. The fraction of sp³-hybridized carbons (Fsp3) is 1.00. The summed E-state index contributed by atoms with van der Waals surface area (Å²) in [7, 11) is -7.51. The second-order valence-corrected chi connectivity index (χ2v) is 4.29. The maximum absolute atomic E-state index is 11.4. The van der Waals surface area contributed by atoms with Crippen molar-refractivity contribution in [3.8, 4) is 0 Å². The summed E-state index contributed by atoms with van der Waals surface area (Å²) < 4.78 is 68.2. The van der Waals surface area contributed by atoms with E-state index in [0.29, 0.717) is 0 Å². The van der Waals surface area contributed by atoms with Crippen molar-refractivity contribution in [1.82, 2.24) is 0 Å². The maximum atomic E-state index is 11.4. The zero-order valence-electron chi connectivity index (χ0n) is 5.41. The van der Waals surface area contributed by atoms with Gasteiger partial charge in [-0.2, -0.15) is 0 Å². The Hall–Kier alpha value is -0.0700. The van der Waals surface area contributed by atoms with Crippen LogP contribution >= 0.6 is 10.7 Å². The number of hydrogen-bond acceptors (Lipinski definition) is 0. The highest BCUT2D eigenvalue weighted by atomic mass is 32.4. The molecule has 0 aromatic carbocycles. The normalized spacial score (nSPS) is 16.5. The molecule has 0 fully saturated rings. The molecule has 0 unspecified atom stereocenters. The Bertz CT molecular complexity index is 117. The monoisotopic (exact) mass is 202 g/mol. The fourth-order valence-corrected chi connectivity index (χ4v) is 1.15. The first-order chi connectivity index (χ1) is 4.67. The number of hydrogen-bond donors (Lipinski definition) is 1. The van der Waals surface area contributed by atoms with Crippen molar-refractivity contribution in [3.63, 3.8) is 0 Å². The Morgan fingerprint density at radius 2 is 1.45 bits per heavy atom. The molecular formula is C4H8F6S. The van der Waals surface area contributed by atoms with Gasteiger partial charge in [0, 0.05) is 6.42 Å². The van der Waals surface area contributed by atoms with Gasteiger partial charge >= 0.3 is 0 Å². The summed E-state index contributed by atoms with van der Waals surface area (Å²) in [6.07, 6.45) is -4.50. The van der Waals surface area contributed by atoms with Crippen LogP contribution in [0.4, 0.5) is 24.3 Å². The van der Waals surface area contributed by atoms with E-state index in [2.05, 4.69) is 0 Å². The van der Waals surface area contributed by atoms with Gasteiger partial charge in [0.1, 0.15) is 0 Å². The molecule has 0 rings (SSSR count). The molecule has 0 aromatic heterocycles. The Kier molecular flexibility index (Phi) is 3.10. The predicted molar refractivity (Wildman–Crippen MR) is 33.5 cm³/mol. The van der Waals surface area contributed by atoms with E-state index in [0.717, 1.165) is 0 Å². The minimum Gasteiger partial charge on any atom is -0.211 e. The van der Waals surface area contributed by atoms with Crippen LogP contribution in [0, 0.1) is 0 Å². The molecule has 0 atom stereocenters. The average Bonchev–Trinajstić information content (AvgIpc) is 1.56. The lowest BCUT2D eigenvalue weighted by Crippen LogP contribution is -2.00. The molecule has 7 heteroatoms. The molecule has 0 aliphatic rings. The van der Waals surface area contributed by atoms with Gasteiger partial charge in [-0.05, 0) is 6.42 Å². The van der Waals surface area contributed by atoms with E-state index in [4.69, 9.17) is 0 Å². The third-order valence-electron chi connectivity index (χ3n) is 0.919. The zero-order chi connectivity index (χ0) is 9.15. The highest BCUT2D eigenvalue weighted by Crippen LogP contribution is 2.76. The highest BCUT2D eigenvalue weighted by molar-refractivity contribution is 8.33. The third-order valence-corrected chi connectivity index (χ3v) is 1.91. The van der Waals surface area contributed by atoms with Crippen LogP contribution in [0.3, 0.4) is 0 Å².